The second kappa shape index (κ2) is 7.34. The van der Waals surface area contributed by atoms with Crippen LogP contribution < -0.4 is 9.80 Å². The first-order chi connectivity index (χ1) is 15.7. The largest absolute Gasteiger partial charge is 0.456 e. The smallest absolute Gasteiger partial charge is 0.419 e. The van der Waals surface area contributed by atoms with Crippen LogP contribution in [0.25, 0.3) is 0 Å². The fourth-order valence-corrected chi connectivity index (χ4v) is 5.43. The summed E-state index contributed by atoms with van der Waals surface area (Å²) in [6.07, 6.45) is 0.206. The van der Waals surface area contributed by atoms with Crippen LogP contribution in [0.5, 0.6) is 0 Å². The molecule has 1 spiro atoms. The number of nitriles is 1. The first-order valence-corrected chi connectivity index (χ1v) is 10.6. The van der Waals surface area contributed by atoms with Gasteiger partial charge in [-0.1, -0.05) is 12.8 Å². The third-order valence-corrected chi connectivity index (χ3v) is 6.78. The van der Waals surface area contributed by atoms with Gasteiger partial charge >= 0.3 is 12.1 Å². The minimum Gasteiger partial charge on any atom is -0.456 e. The van der Waals surface area contributed by atoms with Gasteiger partial charge in [0.2, 0.25) is 0 Å². The number of fused-ring (bicyclic) bond motifs is 1. The third-order valence-electron chi connectivity index (χ3n) is 6.32. The van der Waals surface area contributed by atoms with Gasteiger partial charge in [0.05, 0.1) is 29.3 Å². The number of rotatable bonds is 2. The Labute approximate surface area is 191 Å². The minimum absolute atomic E-state index is 0.0548. The van der Waals surface area contributed by atoms with Crippen molar-refractivity contribution in [2.75, 3.05) is 9.80 Å². The number of hydrogen-bond acceptors (Lipinski definition) is 8. The van der Waals surface area contributed by atoms with E-state index >= 15 is 0 Å². The molecule has 1 unspecified atom stereocenters. The molecule has 2 aromatic rings. The fraction of sp³-hybridized carbons (Fsp3) is 0.381. The van der Waals surface area contributed by atoms with Crippen molar-refractivity contribution in [1.82, 2.24) is 9.97 Å². The summed E-state index contributed by atoms with van der Waals surface area (Å²) >= 11 is 4.62. The van der Waals surface area contributed by atoms with Gasteiger partial charge in [0.15, 0.2) is 16.9 Å². The normalized spacial score (nSPS) is 21.5. The number of amides is 1. The van der Waals surface area contributed by atoms with Gasteiger partial charge in [0, 0.05) is 5.56 Å². The number of esters is 1. The molecular formula is C21H16F3N5O3S. The number of carbonyl (C=O) groups excluding carboxylic acids is 2. The topological polar surface area (TPSA) is 99.4 Å². The van der Waals surface area contributed by atoms with E-state index in [9.17, 15) is 22.8 Å². The van der Waals surface area contributed by atoms with Crippen molar-refractivity contribution in [3.05, 3.63) is 47.0 Å². The molecule has 12 heteroatoms. The number of ether oxygens (including phenoxy) is 1. The lowest BCUT2D eigenvalue weighted by Crippen LogP contribution is -2.48. The molecule has 2 aromatic heterocycles. The van der Waals surface area contributed by atoms with E-state index in [4.69, 9.17) is 10.00 Å². The van der Waals surface area contributed by atoms with Gasteiger partial charge in [-0.05, 0) is 25.0 Å². The van der Waals surface area contributed by atoms with Crippen LogP contribution in [-0.2, 0) is 22.3 Å². The molecule has 33 heavy (non-hydrogen) atoms. The molecule has 2 aliphatic heterocycles. The quantitative estimate of drug-likeness (QED) is 0.525. The zero-order valence-corrected chi connectivity index (χ0v) is 17.9. The Hall–Kier alpha value is -3.33. The van der Waals surface area contributed by atoms with Crippen molar-refractivity contribution in [2.45, 2.75) is 49.5 Å². The lowest BCUT2D eigenvalue weighted by atomic mass is 9.95. The van der Waals surface area contributed by atoms with Crippen LogP contribution in [-0.4, -0.2) is 32.9 Å². The summed E-state index contributed by atoms with van der Waals surface area (Å²) in [5.41, 5.74) is -2.78. The van der Waals surface area contributed by atoms with Gasteiger partial charge in [-0.15, -0.1) is 12.6 Å². The van der Waals surface area contributed by atoms with Crippen LogP contribution in [0.15, 0.2) is 24.5 Å². The number of cyclic esters (lactones) is 1. The summed E-state index contributed by atoms with van der Waals surface area (Å²) in [5.74, 6) is -0.926. The van der Waals surface area contributed by atoms with E-state index in [2.05, 4.69) is 22.6 Å². The van der Waals surface area contributed by atoms with E-state index in [0.717, 1.165) is 25.1 Å². The minimum atomic E-state index is -4.82. The number of hydrogen-bond donors (Lipinski definition) is 1. The average molecular weight is 475 g/mol. The van der Waals surface area contributed by atoms with Crippen molar-refractivity contribution in [3.63, 3.8) is 0 Å². The van der Waals surface area contributed by atoms with Crippen LogP contribution in [0.2, 0.25) is 0 Å². The first kappa shape index (κ1) is 21.5. The van der Waals surface area contributed by atoms with Crippen LogP contribution in [0.3, 0.4) is 0 Å². The van der Waals surface area contributed by atoms with Crippen molar-refractivity contribution in [2.24, 2.45) is 0 Å². The van der Waals surface area contributed by atoms with Gasteiger partial charge in [0.1, 0.15) is 18.2 Å². The summed E-state index contributed by atoms with van der Waals surface area (Å²) in [7, 11) is 0. The van der Waals surface area contributed by atoms with Crippen molar-refractivity contribution in [3.8, 4) is 6.07 Å². The zero-order valence-electron chi connectivity index (χ0n) is 17.0. The highest BCUT2D eigenvalue weighted by atomic mass is 32.1. The van der Waals surface area contributed by atoms with E-state index in [1.165, 1.54) is 17.2 Å². The molecule has 1 aliphatic carbocycles. The van der Waals surface area contributed by atoms with Crippen LogP contribution >= 0.6 is 12.6 Å². The Morgan fingerprint density at radius 2 is 1.85 bits per heavy atom. The van der Waals surface area contributed by atoms with Gasteiger partial charge in [0.25, 0.3) is 5.91 Å². The molecule has 2 fully saturated rings. The van der Waals surface area contributed by atoms with Gasteiger partial charge in [-0.3, -0.25) is 9.69 Å². The summed E-state index contributed by atoms with van der Waals surface area (Å²) < 4.78 is 45.6. The van der Waals surface area contributed by atoms with Gasteiger partial charge in [-0.2, -0.15) is 18.4 Å². The summed E-state index contributed by atoms with van der Waals surface area (Å²) in [4.78, 5) is 36.2. The zero-order chi connectivity index (χ0) is 23.5. The third kappa shape index (κ3) is 3.13. The highest BCUT2D eigenvalue weighted by molar-refractivity contribution is 7.81. The predicted molar refractivity (Wildman–Crippen MR) is 111 cm³/mol. The Balaban J connectivity index is 1.62. The maximum Gasteiger partial charge on any atom is 0.419 e. The molecule has 1 amide bonds. The van der Waals surface area contributed by atoms with E-state index in [1.807, 2.05) is 0 Å². The number of carbonyl (C=O) groups is 2. The number of anilines is 2. The van der Waals surface area contributed by atoms with E-state index in [1.54, 1.807) is 11.0 Å². The molecule has 0 bridgehead atoms. The summed E-state index contributed by atoms with van der Waals surface area (Å²) in [6.45, 7) is 0.0548. The lowest BCUT2D eigenvalue weighted by Gasteiger charge is -2.35. The molecule has 1 saturated carbocycles. The molecule has 0 N–H and O–H groups in total. The molecule has 3 aliphatic rings. The van der Waals surface area contributed by atoms with Crippen molar-refractivity contribution in [1.29, 1.82) is 5.26 Å². The Bertz CT molecular complexity index is 1220. The molecule has 0 aromatic carbocycles. The van der Waals surface area contributed by atoms with Crippen LogP contribution in [0.4, 0.5) is 24.5 Å². The summed E-state index contributed by atoms with van der Waals surface area (Å²) in [5, 5.41) is 9.04. The molecular weight excluding hydrogens is 459 g/mol. The predicted octanol–water partition coefficient (Wildman–Crippen LogP) is 3.42. The monoisotopic (exact) mass is 475 g/mol. The van der Waals surface area contributed by atoms with Gasteiger partial charge in [-0.25, -0.2) is 14.8 Å². The maximum absolute atomic E-state index is 13.7. The Morgan fingerprint density at radius 1 is 1.15 bits per heavy atom. The van der Waals surface area contributed by atoms with E-state index < -0.39 is 40.3 Å². The second-order valence-electron chi connectivity index (χ2n) is 8.11. The number of halogens is 3. The molecule has 5 rings (SSSR count). The standard InChI is InChI=1S/C21H16F3N5O3S/c22-21(23,24)14-6-12(8-26-15(14)7-25)28-18(31)20(3-1-2-4-20)29(19(28)33)13-5-11-10-32-17(30)16(11)27-9-13/h5-6,8-9,19,33H,1-4,10H2. The van der Waals surface area contributed by atoms with Gasteiger partial charge < -0.3 is 9.64 Å². The first-order valence-electron chi connectivity index (χ1n) is 10.1. The molecule has 8 nitrogen and oxygen atoms in total. The Morgan fingerprint density at radius 3 is 2.52 bits per heavy atom. The number of thiol groups is 1. The molecule has 170 valence electrons. The average Bonchev–Trinajstić information content (AvgIpc) is 3.46. The van der Waals surface area contributed by atoms with E-state index in [-0.39, 0.29) is 18.0 Å². The Kier molecular flexibility index (Phi) is 4.79. The number of nitrogens with zero attached hydrogens (tertiary/aromatic N) is 5. The van der Waals surface area contributed by atoms with E-state index in [0.29, 0.717) is 24.1 Å². The highest BCUT2D eigenvalue weighted by Crippen LogP contribution is 2.49. The molecule has 0 radical (unpaired) electrons. The van der Waals surface area contributed by atoms with Crippen molar-refractivity contribution >= 4 is 35.9 Å². The summed E-state index contributed by atoms with van der Waals surface area (Å²) in [6, 6.07) is 3.90. The number of pyridine rings is 2. The molecule has 4 heterocycles. The second-order valence-corrected chi connectivity index (χ2v) is 8.57. The number of aromatic nitrogens is 2. The fourth-order valence-electron chi connectivity index (χ4n) is 4.84. The number of alkyl halides is 3. The molecule has 1 saturated heterocycles. The van der Waals surface area contributed by atoms with Crippen molar-refractivity contribution < 1.29 is 27.5 Å². The lowest BCUT2D eigenvalue weighted by molar-refractivity contribution is -0.138. The van der Waals surface area contributed by atoms with Crippen LogP contribution in [0, 0.1) is 11.3 Å². The molecule has 1 atom stereocenters. The maximum atomic E-state index is 13.7. The highest BCUT2D eigenvalue weighted by Gasteiger charge is 2.58. The SMILES string of the molecule is N#Cc1ncc(N2C(=O)C3(CCCC3)N(c3cnc4c(c3)COC4=O)C2S)cc1C(F)(F)F. The van der Waals surface area contributed by atoms with Crippen LogP contribution in [0.1, 0.15) is 53.0 Å².